The molecule has 0 N–H and O–H groups in total. The first-order valence-corrected chi connectivity index (χ1v) is 15.6. The van der Waals surface area contributed by atoms with Gasteiger partial charge in [0.2, 0.25) is 0 Å². The predicted molar refractivity (Wildman–Crippen MR) is 191 cm³/mol. The van der Waals surface area contributed by atoms with E-state index in [0.717, 1.165) is 76.5 Å². The minimum absolute atomic E-state index is 0.565. The van der Waals surface area contributed by atoms with Crippen molar-refractivity contribution in [3.63, 3.8) is 0 Å². The molecule has 7 aromatic carbocycles. The molecule has 0 radical (unpaired) electrons. The summed E-state index contributed by atoms with van der Waals surface area (Å²) in [6.45, 7) is 0. The third kappa shape index (κ3) is 4.03. The van der Waals surface area contributed by atoms with Crippen LogP contribution in [-0.2, 0) is 0 Å². The number of pyridine rings is 1. The number of nitrogens with zero attached hydrogens (tertiary/aromatic N) is 4. The van der Waals surface area contributed by atoms with Crippen LogP contribution in [0.5, 0.6) is 0 Å². The zero-order chi connectivity index (χ0) is 30.9. The smallest absolute Gasteiger partial charge is 0.167 e. The van der Waals surface area contributed by atoms with Gasteiger partial charge in [-0.15, -0.1) is 0 Å². The molecule has 5 heteroatoms. The summed E-state index contributed by atoms with van der Waals surface area (Å²) in [5.74, 6) is 1.78. The van der Waals surface area contributed by atoms with E-state index in [1.54, 1.807) is 0 Å². The van der Waals surface area contributed by atoms with Gasteiger partial charge < -0.3 is 4.42 Å². The first kappa shape index (κ1) is 25.8. The first-order chi connectivity index (χ1) is 23.3. The van der Waals surface area contributed by atoms with Gasteiger partial charge in [-0.1, -0.05) is 109 Å². The van der Waals surface area contributed by atoms with Crippen LogP contribution in [0, 0.1) is 0 Å². The number of fused-ring (bicyclic) bond motifs is 9. The van der Waals surface area contributed by atoms with Gasteiger partial charge in [-0.25, -0.2) is 15.0 Å². The van der Waals surface area contributed by atoms with Gasteiger partial charge in [0.15, 0.2) is 17.5 Å². The highest BCUT2D eigenvalue weighted by Gasteiger charge is 2.19. The fraction of sp³-hybridized carbons (Fsp3) is 0. The van der Waals surface area contributed by atoms with Crippen LogP contribution in [0.15, 0.2) is 150 Å². The number of hydrogen-bond acceptors (Lipinski definition) is 5. The first-order valence-electron chi connectivity index (χ1n) is 15.6. The minimum Gasteiger partial charge on any atom is -0.455 e. The average molecular weight is 601 g/mol. The number of benzene rings is 7. The van der Waals surface area contributed by atoms with E-state index in [0.29, 0.717) is 17.5 Å². The second kappa shape index (κ2) is 10.0. The van der Waals surface area contributed by atoms with Crippen LogP contribution in [0.3, 0.4) is 0 Å². The molecular formula is C42H24N4O. The van der Waals surface area contributed by atoms with Crippen molar-refractivity contribution in [1.29, 1.82) is 0 Å². The van der Waals surface area contributed by atoms with Crippen molar-refractivity contribution in [2.75, 3.05) is 0 Å². The summed E-state index contributed by atoms with van der Waals surface area (Å²) < 4.78 is 6.60. The Bertz CT molecular complexity index is 2860. The normalized spacial score (nSPS) is 11.8. The molecule has 0 atom stereocenters. The van der Waals surface area contributed by atoms with Crippen molar-refractivity contribution in [2.45, 2.75) is 0 Å². The van der Waals surface area contributed by atoms with Gasteiger partial charge in [-0.05, 0) is 57.3 Å². The van der Waals surface area contributed by atoms with Crippen molar-refractivity contribution >= 4 is 65.2 Å². The van der Waals surface area contributed by atoms with Gasteiger partial charge in [0, 0.05) is 38.9 Å². The Morgan fingerprint density at radius 1 is 0.426 bits per heavy atom. The molecule has 47 heavy (non-hydrogen) atoms. The molecule has 0 saturated carbocycles. The van der Waals surface area contributed by atoms with Gasteiger partial charge >= 0.3 is 0 Å². The zero-order valence-corrected chi connectivity index (χ0v) is 25.1. The zero-order valence-electron chi connectivity index (χ0n) is 25.1. The van der Waals surface area contributed by atoms with Crippen LogP contribution >= 0.6 is 0 Å². The van der Waals surface area contributed by atoms with E-state index < -0.39 is 0 Å². The molecule has 0 aliphatic heterocycles. The Balaban J connectivity index is 1.26. The third-order valence-electron chi connectivity index (χ3n) is 9.14. The van der Waals surface area contributed by atoms with Crippen molar-refractivity contribution in [3.8, 4) is 34.2 Å². The van der Waals surface area contributed by atoms with Crippen LogP contribution < -0.4 is 0 Å². The summed E-state index contributed by atoms with van der Waals surface area (Å²) in [7, 11) is 0. The molecule has 0 fully saturated rings. The number of para-hydroxylation sites is 1. The highest BCUT2D eigenvalue weighted by molar-refractivity contribution is 6.20. The minimum atomic E-state index is 0.565. The molecule has 10 rings (SSSR count). The van der Waals surface area contributed by atoms with Gasteiger partial charge in [-0.2, -0.15) is 0 Å². The molecular weight excluding hydrogens is 576 g/mol. The van der Waals surface area contributed by atoms with E-state index in [-0.39, 0.29) is 0 Å². The van der Waals surface area contributed by atoms with Gasteiger partial charge in [0.05, 0.1) is 11.1 Å². The fourth-order valence-corrected chi connectivity index (χ4v) is 6.93. The lowest BCUT2D eigenvalue weighted by Crippen LogP contribution is -2.01. The van der Waals surface area contributed by atoms with Crippen LogP contribution in [-0.4, -0.2) is 19.9 Å². The molecule has 0 spiro atoms. The fourth-order valence-electron chi connectivity index (χ4n) is 6.93. The lowest BCUT2D eigenvalue weighted by atomic mass is 9.95. The van der Waals surface area contributed by atoms with E-state index in [4.69, 9.17) is 19.4 Å². The molecule has 0 amide bonds. The summed E-state index contributed by atoms with van der Waals surface area (Å²) >= 11 is 0. The van der Waals surface area contributed by atoms with Crippen LogP contribution in [0.25, 0.3) is 99.3 Å². The maximum atomic E-state index is 6.60. The second-order valence-electron chi connectivity index (χ2n) is 11.9. The van der Waals surface area contributed by atoms with E-state index in [1.807, 2.05) is 48.7 Å². The summed E-state index contributed by atoms with van der Waals surface area (Å²) in [5, 5.41) is 10.0. The van der Waals surface area contributed by atoms with Crippen LogP contribution in [0.4, 0.5) is 0 Å². The van der Waals surface area contributed by atoms with Crippen molar-refractivity contribution in [3.05, 3.63) is 146 Å². The summed E-state index contributed by atoms with van der Waals surface area (Å²) in [6.07, 6.45) is 1.84. The summed E-state index contributed by atoms with van der Waals surface area (Å²) in [4.78, 5) is 20.0. The average Bonchev–Trinajstić information content (AvgIpc) is 3.51. The Labute approximate surface area is 268 Å². The lowest BCUT2D eigenvalue weighted by Gasteiger charge is -2.13. The van der Waals surface area contributed by atoms with E-state index in [1.165, 1.54) is 5.39 Å². The van der Waals surface area contributed by atoms with Crippen molar-refractivity contribution in [2.24, 2.45) is 0 Å². The Morgan fingerprint density at radius 3 is 2.02 bits per heavy atom. The quantitative estimate of drug-likeness (QED) is 0.189. The Kier molecular flexibility index (Phi) is 5.51. The van der Waals surface area contributed by atoms with Crippen LogP contribution in [0.1, 0.15) is 0 Å². The molecule has 3 aromatic heterocycles. The van der Waals surface area contributed by atoms with Crippen LogP contribution in [0.2, 0.25) is 0 Å². The van der Waals surface area contributed by atoms with E-state index >= 15 is 0 Å². The molecule has 0 unspecified atom stereocenters. The van der Waals surface area contributed by atoms with Crippen molar-refractivity contribution < 1.29 is 4.42 Å². The molecule has 0 bridgehead atoms. The van der Waals surface area contributed by atoms with E-state index in [2.05, 4.69) is 102 Å². The summed E-state index contributed by atoms with van der Waals surface area (Å²) in [6, 6.07) is 48.0. The molecule has 3 heterocycles. The number of aromatic nitrogens is 4. The molecule has 5 nitrogen and oxygen atoms in total. The molecule has 218 valence electrons. The van der Waals surface area contributed by atoms with Crippen molar-refractivity contribution in [1.82, 2.24) is 19.9 Å². The molecule has 0 aliphatic carbocycles. The third-order valence-corrected chi connectivity index (χ3v) is 9.14. The number of hydrogen-bond donors (Lipinski definition) is 0. The molecule has 0 saturated heterocycles. The van der Waals surface area contributed by atoms with Gasteiger partial charge in [0.1, 0.15) is 11.2 Å². The second-order valence-corrected chi connectivity index (χ2v) is 11.9. The lowest BCUT2D eigenvalue weighted by molar-refractivity contribution is 0.670. The van der Waals surface area contributed by atoms with E-state index in [9.17, 15) is 0 Å². The standard InChI is InChI=1S/C42H24N4O/c1-2-9-26(10-3-1)40-44-41(33-15-6-13-25-18-19-29-30-17-8-22-43-36(30)21-20-31(29)38(25)33)46-42(45-40)34-16-7-14-32-35-23-27-11-4-5-12-28(27)24-37(35)47-39(32)34/h1-24H. The monoisotopic (exact) mass is 600 g/mol. The van der Waals surface area contributed by atoms with Gasteiger partial charge in [0.25, 0.3) is 0 Å². The highest BCUT2D eigenvalue weighted by Crippen LogP contribution is 2.39. The topological polar surface area (TPSA) is 64.7 Å². The highest BCUT2D eigenvalue weighted by atomic mass is 16.3. The Hall–Kier alpha value is -6.46. The SMILES string of the molecule is c1ccc(-c2nc(-c3cccc4c3oc3cc5ccccc5cc34)nc(-c3cccc4ccc5c6cccnc6ccc5c34)n2)cc1. The largest absolute Gasteiger partial charge is 0.455 e. The van der Waals surface area contributed by atoms with Gasteiger partial charge in [-0.3, -0.25) is 4.98 Å². The summed E-state index contributed by atoms with van der Waals surface area (Å²) in [5.41, 5.74) is 5.26. The predicted octanol–water partition coefficient (Wildman–Crippen LogP) is 10.8. The number of furan rings is 1. The maximum Gasteiger partial charge on any atom is 0.167 e. The number of rotatable bonds is 3. The molecule has 0 aliphatic rings. The Morgan fingerprint density at radius 2 is 1.13 bits per heavy atom. The maximum absolute atomic E-state index is 6.60. The molecule has 10 aromatic rings.